The van der Waals surface area contributed by atoms with E-state index in [0.717, 1.165) is 51.4 Å². The number of fused-ring (bicyclic) bond motifs is 5. The molecule has 0 heterocycles. The summed E-state index contributed by atoms with van der Waals surface area (Å²) in [7, 11) is 0. The van der Waals surface area contributed by atoms with Gasteiger partial charge in [-0.25, -0.2) is 0 Å². The number of Topliss-reactive ketones (excluding diaryl/α,β-unsaturated/α-hetero) is 1. The van der Waals surface area contributed by atoms with Crippen LogP contribution in [0.4, 0.5) is 0 Å². The molecule has 4 rings (SSSR count). The summed E-state index contributed by atoms with van der Waals surface area (Å²) < 4.78 is 0. The summed E-state index contributed by atoms with van der Waals surface area (Å²) in [6.07, 6.45) is 10.5. The molecule has 0 radical (unpaired) electrons. The molecule has 3 fully saturated rings. The molecule has 2 nitrogen and oxygen atoms in total. The number of aliphatic hydroxyl groups excluding tert-OH is 1. The number of hydrogen-bond donors (Lipinski definition) is 1. The molecule has 4 aliphatic carbocycles. The van der Waals surface area contributed by atoms with Crippen molar-refractivity contribution >= 4 is 17.4 Å². The molecule has 0 aromatic heterocycles. The summed E-state index contributed by atoms with van der Waals surface area (Å²) in [5.74, 6) is 2.18. The molecule has 0 aliphatic heterocycles. The number of hydrogen-bond acceptors (Lipinski definition) is 2. The van der Waals surface area contributed by atoms with E-state index in [1.54, 1.807) is 0 Å². The fourth-order valence-electron chi connectivity index (χ4n) is 6.48. The Kier molecular flexibility index (Phi) is 3.51. The quantitative estimate of drug-likeness (QED) is 0.583. The van der Waals surface area contributed by atoms with Crippen LogP contribution in [0.5, 0.6) is 0 Å². The number of ketones is 1. The first kappa shape index (κ1) is 15.2. The Balaban J connectivity index is 1.72. The summed E-state index contributed by atoms with van der Waals surface area (Å²) in [6, 6.07) is 0. The van der Waals surface area contributed by atoms with Crippen LogP contribution in [0.25, 0.3) is 0 Å². The molecule has 1 N–H and O–H groups in total. The molecule has 0 amide bonds. The first-order valence-corrected chi connectivity index (χ1v) is 9.42. The lowest BCUT2D eigenvalue weighted by Crippen LogP contribution is -2.52. The van der Waals surface area contributed by atoms with Gasteiger partial charge in [-0.2, -0.15) is 0 Å². The zero-order valence-electron chi connectivity index (χ0n) is 13.5. The van der Waals surface area contributed by atoms with Crippen molar-refractivity contribution < 1.29 is 9.90 Å². The number of alkyl halides is 1. The van der Waals surface area contributed by atoms with Gasteiger partial charge in [0.15, 0.2) is 0 Å². The van der Waals surface area contributed by atoms with Gasteiger partial charge in [-0.05, 0) is 62.7 Å². The van der Waals surface area contributed by atoms with E-state index in [-0.39, 0.29) is 22.8 Å². The van der Waals surface area contributed by atoms with Crippen molar-refractivity contribution in [3.05, 3.63) is 11.6 Å². The summed E-state index contributed by atoms with van der Waals surface area (Å²) >= 11 is 6.39. The van der Waals surface area contributed by atoms with Crippen LogP contribution in [0.3, 0.4) is 0 Å². The van der Waals surface area contributed by atoms with E-state index in [0.29, 0.717) is 23.5 Å². The van der Waals surface area contributed by atoms with Gasteiger partial charge in [0.2, 0.25) is 0 Å². The van der Waals surface area contributed by atoms with Crippen molar-refractivity contribution in [2.24, 2.45) is 28.6 Å². The predicted molar refractivity (Wildman–Crippen MR) is 87.8 cm³/mol. The van der Waals surface area contributed by atoms with E-state index >= 15 is 0 Å². The minimum absolute atomic E-state index is 0.0265. The second-order valence-electron chi connectivity index (χ2n) is 8.41. The van der Waals surface area contributed by atoms with Crippen LogP contribution in [0.15, 0.2) is 11.6 Å². The normalized spacial score (nSPS) is 50.9. The van der Waals surface area contributed by atoms with E-state index in [1.165, 1.54) is 5.57 Å². The van der Waals surface area contributed by atoms with Gasteiger partial charge in [0, 0.05) is 22.6 Å². The highest BCUT2D eigenvalue weighted by atomic mass is 35.5. The van der Waals surface area contributed by atoms with E-state index in [9.17, 15) is 9.90 Å². The fraction of sp³-hybridized carbons (Fsp3) is 0.842. The molecule has 0 unspecified atom stereocenters. The minimum Gasteiger partial charge on any atom is -0.395 e. The van der Waals surface area contributed by atoms with E-state index in [4.69, 9.17) is 11.6 Å². The number of carbonyl (C=O) groups is 1. The summed E-state index contributed by atoms with van der Waals surface area (Å²) in [5, 5.41) is 10.5. The topological polar surface area (TPSA) is 37.3 Å². The first-order valence-electron chi connectivity index (χ1n) is 8.99. The van der Waals surface area contributed by atoms with Gasteiger partial charge in [0.05, 0.1) is 6.61 Å². The molecule has 4 aliphatic rings. The van der Waals surface area contributed by atoms with Gasteiger partial charge < -0.3 is 5.11 Å². The Morgan fingerprint density at radius 3 is 2.86 bits per heavy atom. The second kappa shape index (κ2) is 5.08. The molecule has 6 atom stereocenters. The van der Waals surface area contributed by atoms with Crippen molar-refractivity contribution in [2.45, 2.75) is 63.7 Å². The smallest absolute Gasteiger partial charge is 0.139 e. The summed E-state index contributed by atoms with van der Waals surface area (Å²) in [4.78, 5) is 12.4. The van der Waals surface area contributed by atoms with Gasteiger partial charge in [0.1, 0.15) is 5.78 Å². The SMILES string of the molecule is C[C@]12CC[C@H]3[C@@H](CC=C4C[C@@H](Cl)CC[C@@]43CO)[C@@H]1CCC2=O. The van der Waals surface area contributed by atoms with E-state index < -0.39 is 0 Å². The number of halogens is 1. The van der Waals surface area contributed by atoms with E-state index in [2.05, 4.69) is 13.0 Å². The van der Waals surface area contributed by atoms with Crippen LogP contribution in [0.1, 0.15) is 58.3 Å². The van der Waals surface area contributed by atoms with Crippen LogP contribution < -0.4 is 0 Å². The second-order valence-corrected chi connectivity index (χ2v) is 9.03. The maximum Gasteiger partial charge on any atom is 0.139 e. The molecular formula is C19H27ClO2. The lowest BCUT2D eigenvalue weighted by molar-refractivity contribution is -0.132. The van der Waals surface area contributed by atoms with Gasteiger partial charge in [-0.3, -0.25) is 4.79 Å². The maximum atomic E-state index is 12.4. The average molecular weight is 323 g/mol. The van der Waals surface area contributed by atoms with Gasteiger partial charge in [-0.1, -0.05) is 18.6 Å². The van der Waals surface area contributed by atoms with Crippen LogP contribution in [-0.2, 0) is 4.79 Å². The first-order chi connectivity index (χ1) is 10.5. The lowest BCUT2D eigenvalue weighted by atomic mass is 9.48. The summed E-state index contributed by atoms with van der Waals surface area (Å²) in [5.41, 5.74) is 1.32. The van der Waals surface area contributed by atoms with Crippen molar-refractivity contribution in [1.82, 2.24) is 0 Å². The lowest BCUT2D eigenvalue weighted by Gasteiger charge is -2.57. The van der Waals surface area contributed by atoms with Gasteiger partial charge in [-0.15, -0.1) is 11.6 Å². The molecule has 3 heteroatoms. The summed E-state index contributed by atoms with van der Waals surface area (Å²) in [6.45, 7) is 2.48. The van der Waals surface area contributed by atoms with E-state index in [1.807, 2.05) is 0 Å². The average Bonchev–Trinajstić information content (AvgIpc) is 2.82. The molecule has 122 valence electrons. The van der Waals surface area contributed by atoms with Crippen molar-refractivity contribution in [3.8, 4) is 0 Å². The molecule has 3 saturated carbocycles. The monoisotopic (exact) mass is 322 g/mol. The Hall–Kier alpha value is -0.340. The van der Waals surface area contributed by atoms with Crippen LogP contribution in [0.2, 0.25) is 0 Å². The standard InChI is InChI=1S/C19H27ClO2/c1-18-8-7-16-14(15(18)4-5-17(18)22)3-2-12-10-13(20)6-9-19(12,16)11-21/h2,13-16,21H,3-11H2,1H3/t13-,14-,15-,16-,18-,19+/m0/s1. The molecule has 22 heavy (non-hydrogen) atoms. The largest absolute Gasteiger partial charge is 0.395 e. The third-order valence-corrected chi connectivity index (χ3v) is 8.13. The van der Waals surface area contributed by atoms with Crippen LogP contribution in [-0.4, -0.2) is 22.9 Å². The maximum absolute atomic E-state index is 12.4. The molecule has 0 aromatic rings. The van der Waals surface area contributed by atoms with Crippen molar-refractivity contribution in [1.29, 1.82) is 0 Å². The minimum atomic E-state index is -0.0765. The Bertz CT molecular complexity index is 528. The third kappa shape index (κ3) is 1.86. The predicted octanol–water partition coefficient (Wildman–Crippen LogP) is 4.10. The fourth-order valence-corrected chi connectivity index (χ4v) is 6.75. The molecule has 0 bridgehead atoms. The number of rotatable bonds is 1. The van der Waals surface area contributed by atoms with Gasteiger partial charge >= 0.3 is 0 Å². The van der Waals surface area contributed by atoms with Crippen molar-refractivity contribution in [3.63, 3.8) is 0 Å². The van der Waals surface area contributed by atoms with Crippen LogP contribution in [0, 0.1) is 28.6 Å². The highest BCUT2D eigenvalue weighted by molar-refractivity contribution is 6.20. The zero-order chi connectivity index (χ0) is 15.5. The number of carbonyl (C=O) groups excluding carboxylic acids is 1. The molecule has 0 spiro atoms. The Labute approximate surface area is 138 Å². The highest BCUT2D eigenvalue weighted by Crippen LogP contribution is 2.64. The number of aliphatic hydroxyl groups is 1. The Morgan fingerprint density at radius 2 is 2.09 bits per heavy atom. The third-order valence-electron chi connectivity index (χ3n) is 7.76. The Morgan fingerprint density at radius 1 is 1.27 bits per heavy atom. The van der Waals surface area contributed by atoms with Crippen LogP contribution >= 0.6 is 11.6 Å². The zero-order valence-corrected chi connectivity index (χ0v) is 14.2. The molecular weight excluding hydrogens is 296 g/mol. The number of allylic oxidation sites excluding steroid dienone is 1. The van der Waals surface area contributed by atoms with Crippen molar-refractivity contribution in [2.75, 3.05) is 6.61 Å². The van der Waals surface area contributed by atoms with Gasteiger partial charge in [0.25, 0.3) is 0 Å². The molecule has 0 aromatic carbocycles. The highest BCUT2D eigenvalue weighted by Gasteiger charge is 2.59. The molecule has 0 saturated heterocycles.